The van der Waals surface area contributed by atoms with Crippen molar-refractivity contribution >= 4 is 23.3 Å². The van der Waals surface area contributed by atoms with Crippen molar-refractivity contribution in [2.45, 2.75) is 26.7 Å². The molecule has 0 unspecified atom stereocenters. The number of anilines is 1. The highest BCUT2D eigenvalue weighted by atomic mass is 35.5. The summed E-state index contributed by atoms with van der Waals surface area (Å²) in [6.07, 6.45) is 1.39. The summed E-state index contributed by atoms with van der Waals surface area (Å²) in [4.78, 5) is 11.7. The average Bonchev–Trinajstić information content (AvgIpc) is 2.30. The largest absolute Gasteiger partial charge is 0.466 e. The highest BCUT2D eigenvalue weighted by molar-refractivity contribution is 6.33. The van der Waals surface area contributed by atoms with Crippen LogP contribution >= 0.6 is 11.6 Å². The van der Waals surface area contributed by atoms with E-state index >= 15 is 0 Å². The predicted molar refractivity (Wildman–Crippen MR) is 70.0 cm³/mol. The van der Waals surface area contributed by atoms with Gasteiger partial charge in [0.05, 0.1) is 23.2 Å². The summed E-state index contributed by atoms with van der Waals surface area (Å²) in [6.45, 7) is 4.20. The van der Waals surface area contributed by atoms with Gasteiger partial charge < -0.3 is 10.5 Å². The highest BCUT2D eigenvalue weighted by Crippen LogP contribution is 2.22. The summed E-state index contributed by atoms with van der Waals surface area (Å²) < 4.78 is 5.02. The molecule has 0 fully saturated rings. The normalized spacial score (nSPS) is 12.2. The molecule has 0 saturated heterocycles. The van der Waals surface area contributed by atoms with Crippen LogP contribution in [0.25, 0.3) is 0 Å². The topological polar surface area (TPSA) is 52.3 Å². The molecule has 0 spiro atoms. The van der Waals surface area contributed by atoms with Crippen molar-refractivity contribution in [1.29, 1.82) is 0 Å². The van der Waals surface area contributed by atoms with Crippen LogP contribution < -0.4 is 5.73 Å². The number of esters is 1. The number of rotatable bonds is 5. The minimum Gasteiger partial charge on any atom is -0.466 e. The van der Waals surface area contributed by atoms with Crippen molar-refractivity contribution in [2.75, 3.05) is 12.3 Å². The lowest BCUT2D eigenvalue weighted by Crippen LogP contribution is -2.19. The molecule has 1 atom stereocenters. The molecule has 17 heavy (non-hydrogen) atoms. The third-order valence-electron chi connectivity index (χ3n) is 2.66. The van der Waals surface area contributed by atoms with E-state index in [-0.39, 0.29) is 11.9 Å². The first kappa shape index (κ1) is 13.8. The minimum atomic E-state index is -0.150. The van der Waals surface area contributed by atoms with Crippen molar-refractivity contribution in [3.8, 4) is 0 Å². The van der Waals surface area contributed by atoms with Crippen LogP contribution in [-0.4, -0.2) is 12.6 Å². The van der Waals surface area contributed by atoms with Gasteiger partial charge in [-0.1, -0.05) is 24.6 Å². The fourth-order valence-corrected chi connectivity index (χ4v) is 1.78. The SMILES string of the molecule is CCOC(=O)[C@H](CC)Cc1ccc(Cl)c(N)c1. The van der Waals surface area contributed by atoms with Crippen molar-refractivity contribution < 1.29 is 9.53 Å². The Bertz CT molecular complexity index is 393. The molecule has 0 amide bonds. The van der Waals surface area contributed by atoms with E-state index in [1.807, 2.05) is 26.0 Å². The van der Waals surface area contributed by atoms with Crippen LogP contribution in [0.2, 0.25) is 5.02 Å². The lowest BCUT2D eigenvalue weighted by molar-refractivity contribution is -0.148. The van der Waals surface area contributed by atoms with E-state index < -0.39 is 0 Å². The Balaban J connectivity index is 2.73. The fourth-order valence-electron chi connectivity index (χ4n) is 1.66. The zero-order chi connectivity index (χ0) is 12.8. The second-order valence-electron chi connectivity index (χ2n) is 3.92. The molecule has 4 heteroatoms. The van der Waals surface area contributed by atoms with E-state index in [1.54, 1.807) is 6.07 Å². The third kappa shape index (κ3) is 3.93. The molecule has 0 bridgehead atoms. The van der Waals surface area contributed by atoms with Gasteiger partial charge in [-0.15, -0.1) is 0 Å². The van der Waals surface area contributed by atoms with Gasteiger partial charge in [-0.3, -0.25) is 4.79 Å². The second kappa shape index (κ2) is 6.50. The summed E-state index contributed by atoms with van der Waals surface area (Å²) in [6, 6.07) is 5.45. The minimum absolute atomic E-state index is 0.115. The molecule has 3 nitrogen and oxygen atoms in total. The molecule has 0 aliphatic heterocycles. The average molecular weight is 256 g/mol. The second-order valence-corrected chi connectivity index (χ2v) is 4.32. The maximum Gasteiger partial charge on any atom is 0.309 e. The van der Waals surface area contributed by atoms with E-state index in [0.29, 0.717) is 23.7 Å². The first-order chi connectivity index (χ1) is 8.08. The lowest BCUT2D eigenvalue weighted by Gasteiger charge is -2.14. The first-order valence-electron chi connectivity index (χ1n) is 5.79. The summed E-state index contributed by atoms with van der Waals surface area (Å²) in [5, 5.41) is 0.540. The number of ether oxygens (including phenoxy) is 1. The number of halogens is 1. The van der Waals surface area contributed by atoms with Gasteiger partial charge in [-0.25, -0.2) is 0 Å². The molecular weight excluding hydrogens is 238 g/mol. The van der Waals surface area contributed by atoms with Crippen molar-refractivity contribution in [2.24, 2.45) is 5.92 Å². The maximum absolute atomic E-state index is 11.7. The summed E-state index contributed by atoms with van der Waals surface area (Å²) in [5.74, 6) is -0.265. The van der Waals surface area contributed by atoms with E-state index in [4.69, 9.17) is 22.1 Å². The Labute approximate surface area is 107 Å². The van der Waals surface area contributed by atoms with Gasteiger partial charge in [0.25, 0.3) is 0 Å². The molecule has 0 heterocycles. The van der Waals surface area contributed by atoms with Crippen LogP contribution in [0.15, 0.2) is 18.2 Å². The Morgan fingerprint density at radius 2 is 2.18 bits per heavy atom. The lowest BCUT2D eigenvalue weighted by atomic mass is 9.97. The number of benzene rings is 1. The van der Waals surface area contributed by atoms with Gasteiger partial charge in [-0.05, 0) is 37.5 Å². The highest BCUT2D eigenvalue weighted by Gasteiger charge is 2.18. The molecule has 0 aliphatic rings. The van der Waals surface area contributed by atoms with E-state index in [2.05, 4.69) is 0 Å². The quantitative estimate of drug-likeness (QED) is 0.650. The van der Waals surface area contributed by atoms with Crippen LogP contribution in [0.3, 0.4) is 0 Å². The van der Waals surface area contributed by atoms with E-state index in [9.17, 15) is 4.79 Å². The van der Waals surface area contributed by atoms with Crippen molar-refractivity contribution in [1.82, 2.24) is 0 Å². The standard InChI is InChI=1S/C13H18ClNO2/c1-3-10(13(16)17-4-2)7-9-5-6-11(14)12(15)8-9/h5-6,8,10H,3-4,7,15H2,1-2H3/t10-/m1/s1. The molecule has 1 aromatic rings. The number of hydrogen-bond donors (Lipinski definition) is 1. The molecule has 94 valence electrons. The van der Waals surface area contributed by atoms with Crippen LogP contribution in [0.1, 0.15) is 25.8 Å². The van der Waals surface area contributed by atoms with Crippen LogP contribution in [0, 0.1) is 5.92 Å². The van der Waals surface area contributed by atoms with Gasteiger partial charge >= 0.3 is 5.97 Å². The molecule has 0 saturated carbocycles. The number of carbonyl (C=O) groups is 1. The summed E-state index contributed by atoms with van der Waals surface area (Å²) in [5.41, 5.74) is 7.28. The Morgan fingerprint density at radius 1 is 1.47 bits per heavy atom. The van der Waals surface area contributed by atoms with Gasteiger partial charge in [0, 0.05) is 0 Å². The fraction of sp³-hybridized carbons (Fsp3) is 0.462. The molecule has 2 N–H and O–H groups in total. The number of nitrogen functional groups attached to an aromatic ring is 1. The smallest absolute Gasteiger partial charge is 0.309 e. The molecule has 1 rings (SSSR count). The number of nitrogens with two attached hydrogens (primary N) is 1. The predicted octanol–water partition coefficient (Wildman–Crippen LogP) is 3.05. The van der Waals surface area contributed by atoms with Gasteiger partial charge in [0.2, 0.25) is 0 Å². The Morgan fingerprint density at radius 3 is 2.71 bits per heavy atom. The maximum atomic E-state index is 11.7. The monoisotopic (exact) mass is 255 g/mol. The van der Waals surface area contributed by atoms with Crippen LogP contribution in [0.5, 0.6) is 0 Å². The van der Waals surface area contributed by atoms with Crippen LogP contribution in [0.4, 0.5) is 5.69 Å². The van der Waals surface area contributed by atoms with Gasteiger partial charge in [0.1, 0.15) is 0 Å². The number of hydrogen-bond acceptors (Lipinski definition) is 3. The molecule has 1 aromatic carbocycles. The zero-order valence-corrected chi connectivity index (χ0v) is 11.0. The van der Waals surface area contributed by atoms with E-state index in [1.165, 1.54) is 0 Å². The number of carbonyl (C=O) groups excluding carboxylic acids is 1. The molecular formula is C13H18ClNO2. The first-order valence-corrected chi connectivity index (χ1v) is 6.16. The van der Waals surface area contributed by atoms with Crippen molar-refractivity contribution in [3.05, 3.63) is 28.8 Å². The summed E-state index contributed by atoms with van der Waals surface area (Å²) in [7, 11) is 0. The molecule has 0 radical (unpaired) electrons. The third-order valence-corrected chi connectivity index (χ3v) is 3.00. The van der Waals surface area contributed by atoms with Crippen LogP contribution in [-0.2, 0) is 16.0 Å². The van der Waals surface area contributed by atoms with Crippen molar-refractivity contribution in [3.63, 3.8) is 0 Å². The summed E-state index contributed by atoms with van der Waals surface area (Å²) >= 11 is 5.85. The Hall–Kier alpha value is -1.22. The van der Waals surface area contributed by atoms with E-state index in [0.717, 1.165) is 12.0 Å². The molecule has 0 aliphatic carbocycles. The Kier molecular flexibility index (Phi) is 5.29. The van der Waals surface area contributed by atoms with Gasteiger partial charge in [0.15, 0.2) is 0 Å². The zero-order valence-electron chi connectivity index (χ0n) is 10.2. The van der Waals surface area contributed by atoms with Gasteiger partial charge in [-0.2, -0.15) is 0 Å². The molecule has 0 aromatic heterocycles.